The van der Waals surface area contributed by atoms with E-state index in [0.29, 0.717) is 0 Å². The first-order chi connectivity index (χ1) is 11.4. The Morgan fingerprint density at radius 2 is 1.78 bits per heavy atom. The molecule has 0 saturated heterocycles. The minimum atomic E-state index is 0.785. The van der Waals surface area contributed by atoms with Crippen molar-refractivity contribution in [3.63, 3.8) is 0 Å². The molecule has 4 nitrogen and oxygen atoms in total. The zero-order chi connectivity index (χ0) is 15.5. The van der Waals surface area contributed by atoms with Crippen LogP contribution < -0.4 is 5.32 Å². The number of aromatic amines is 1. The van der Waals surface area contributed by atoms with E-state index in [9.17, 15) is 0 Å². The van der Waals surface area contributed by atoms with E-state index in [1.165, 1.54) is 16.3 Å². The molecule has 0 saturated carbocycles. The molecule has 0 radical (unpaired) electrons. The van der Waals surface area contributed by atoms with Gasteiger partial charge in [0.15, 0.2) is 0 Å². The molecule has 0 spiro atoms. The van der Waals surface area contributed by atoms with Crippen molar-refractivity contribution >= 4 is 16.5 Å². The highest BCUT2D eigenvalue weighted by atomic mass is 15.3. The van der Waals surface area contributed by atoms with E-state index in [4.69, 9.17) is 0 Å². The van der Waals surface area contributed by atoms with Gasteiger partial charge in [-0.05, 0) is 34.5 Å². The third-order valence-corrected chi connectivity index (χ3v) is 3.88. The molecule has 0 aliphatic heterocycles. The minimum Gasteiger partial charge on any atom is -0.381 e. The summed E-state index contributed by atoms with van der Waals surface area (Å²) in [7, 11) is 0. The highest BCUT2D eigenvalue weighted by molar-refractivity contribution is 5.83. The Balaban J connectivity index is 1.53. The number of nitrogens with one attached hydrogen (secondary N) is 2. The first-order valence-electron chi connectivity index (χ1n) is 7.56. The summed E-state index contributed by atoms with van der Waals surface area (Å²) in [5, 5.41) is 16.6. The van der Waals surface area contributed by atoms with Crippen LogP contribution in [0.25, 0.3) is 22.0 Å². The summed E-state index contributed by atoms with van der Waals surface area (Å²) in [4.78, 5) is 0. The molecular formula is C19H16N4. The Bertz CT molecular complexity index is 929. The lowest BCUT2D eigenvalue weighted by molar-refractivity contribution is 0.942. The van der Waals surface area contributed by atoms with Crippen LogP contribution >= 0.6 is 0 Å². The lowest BCUT2D eigenvalue weighted by Gasteiger charge is -2.09. The van der Waals surface area contributed by atoms with Crippen LogP contribution in [0.3, 0.4) is 0 Å². The van der Waals surface area contributed by atoms with Crippen molar-refractivity contribution in [2.24, 2.45) is 0 Å². The number of anilines is 1. The average molecular weight is 300 g/mol. The molecule has 23 heavy (non-hydrogen) atoms. The second-order valence-corrected chi connectivity index (χ2v) is 5.47. The van der Waals surface area contributed by atoms with Crippen LogP contribution in [0, 0.1) is 0 Å². The molecule has 0 bridgehead atoms. The summed E-state index contributed by atoms with van der Waals surface area (Å²) in [6, 6.07) is 23.2. The average Bonchev–Trinajstić information content (AvgIpc) is 3.15. The summed E-state index contributed by atoms with van der Waals surface area (Å²) in [6.45, 7) is 0.785. The number of nitrogens with zero attached hydrogens (tertiary/aromatic N) is 2. The number of hydrogen-bond donors (Lipinski definition) is 2. The summed E-state index contributed by atoms with van der Waals surface area (Å²) >= 11 is 0. The fraction of sp³-hybridized carbons (Fsp3) is 0.0526. The van der Waals surface area contributed by atoms with Crippen LogP contribution in [-0.4, -0.2) is 15.4 Å². The maximum atomic E-state index is 4.12. The van der Waals surface area contributed by atoms with E-state index in [1.54, 1.807) is 6.20 Å². The van der Waals surface area contributed by atoms with Crippen LogP contribution in [-0.2, 0) is 6.54 Å². The minimum absolute atomic E-state index is 0.785. The number of rotatable bonds is 4. The predicted octanol–water partition coefficient (Wildman–Crippen LogP) is 4.24. The Hall–Kier alpha value is -3.14. The number of hydrogen-bond acceptors (Lipinski definition) is 3. The number of benzene rings is 3. The molecule has 0 atom stereocenters. The highest BCUT2D eigenvalue weighted by Crippen LogP contribution is 2.21. The third-order valence-electron chi connectivity index (χ3n) is 3.88. The number of H-pyrrole nitrogens is 1. The largest absolute Gasteiger partial charge is 0.381 e. The van der Waals surface area contributed by atoms with E-state index < -0.39 is 0 Å². The van der Waals surface area contributed by atoms with Crippen LogP contribution in [0.2, 0.25) is 0 Å². The van der Waals surface area contributed by atoms with Gasteiger partial charge in [-0.2, -0.15) is 15.4 Å². The molecule has 1 heterocycles. The summed E-state index contributed by atoms with van der Waals surface area (Å²) < 4.78 is 0. The van der Waals surface area contributed by atoms with Gasteiger partial charge in [0.25, 0.3) is 0 Å². The van der Waals surface area contributed by atoms with Crippen molar-refractivity contribution < 1.29 is 0 Å². The summed E-state index contributed by atoms with van der Waals surface area (Å²) in [5.74, 6) is 0. The molecular weight excluding hydrogens is 284 g/mol. The second-order valence-electron chi connectivity index (χ2n) is 5.47. The van der Waals surface area contributed by atoms with E-state index in [-0.39, 0.29) is 0 Å². The lowest BCUT2D eigenvalue weighted by atomic mass is 10.1. The van der Waals surface area contributed by atoms with Gasteiger partial charge in [-0.15, -0.1) is 0 Å². The fourth-order valence-electron chi connectivity index (χ4n) is 2.68. The fourth-order valence-corrected chi connectivity index (χ4v) is 2.68. The number of aromatic nitrogens is 3. The maximum Gasteiger partial charge on any atom is 0.112 e. The zero-order valence-corrected chi connectivity index (χ0v) is 12.5. The van der Waals surface area contributed by atoms with Gasteiger partial charge in [-0.1, -0.05) is 48.5 Å². The Morgan fingerprint density at radius 3 is 2.65 bits per heavy atom. The molecule has 4 heteroatoms. The van der Waals surface area contributed by atoms with Crippen LogP contribution in [0.4, 0.5) is 5.69 Å². The molecule has 3 aromatic carbocycles. The Kier molecular flexibility index (Phi) is 3.48. The van der Waals surface area contributed by atoms with Gasteiger partial charge < -0.3 is 5.32 Å². The standard InChI is InChI=1S/C19H16N4/c1-2-5-16-10-14(8-9-15(16)4-1)12-20-18-7-3-6-17(11-18)19-13-21-23-22-19/h1-11,13,20H,12H2,(H,21,22,23). The van der Waals surface area contributed by atoms with Gasteiger partial charge in [0, 0.05) is 17.8 Å². The van der Waals surface area contributed by atoms with Gasteiger partial charge >= 0.3 is 0 Å². The van der Waals surface area contributed by atoms with Gasteiger partial charge in [-0.25, -0.2) is 0 Å². The molecule has 2 N–H and O–H groups in total. The second kappa shape index (κ2) is 5.93. The SMILES string of the molecule is c1cc(NCc2ccc3ccccc3c2)cc(-c2cn[nH]n2)c1. The van der Waals surface area contributed by atoms with E-state index in [2.05, 4.69) is 75.3 Å². The maximum absolute atomic E-state index is 4.12. The van der Waals surface area contributed by atoms with E-state index in [0.717, 1.165) is 23.5 Å². The van der Waals surface area contributed by atoms with Gasteiger partial charge in [0.05, 0.1) is 6.20 Å². The van der Waals surface area contributed by atoms with Crippen LogP contribution in [0.15, 0.2) is 72.9 Å². The Morgan fingerprint density at radius 1 is 0.870 bits per heavy atom. The van der Waals surface area contributed by atoms with Crippen LogP contribution in [0.5, 0.6) is 0 Å². The van der Waals surface area contributed by atoms with Crippen molar-refractivity contribution in [1.82, 2.24) is 15.4 Å². The lowest BCUT2D eigenvalue weighted by Crippen LogP contribution is -1.99. The first kappa shape index (κ1) is 13.5. The molecule has 0 amide bonds. The smallest absolute Gasteiger partial charge is 0.112 e. The normalized spacial score (nSPS) is 10.8. The van der Waals surface area contributed by atoms with E-state index in [1.807, 2.05) is 12.1 Å². The molecule has 4 aromatic rings. The van der Waals surface area contributed by atoms with Crippen molar-refractivity contribution in [3.8, 4) is 11.3 Å². The predicted molar refractivity (Wildman–Crippen MR) is 93.1 cm³/mol. The van der Waals surface area contributed by atoms with Crippen LogP contribution in [0.1, 0.15) is 5.56 Å². The molecule has 0 unspecified atom stereocenters. The van der Waals surface area contributed by atoms with Crippen molar-refractivity contribution in [2.75, 3.05) is 5.32 Å². The zero-order valence-electron chi connectivity index (χ0n) is 12.5. The number of fused-ring (bicyclic) bond motifs is 1. The molecule has 1 aromatic heterocycles. The first-order valence-corrected chi connectivity index (χ1v) is 7.56. The monoisotopic (exact) mass is 300 g/mol. The van der Waals surface area contributed by atoms with Crippen molar-refractivity contribution in [2.45, 2.75) is 6.54 Å². The molecule has 112 valence electrons. The third kappa shape index (κ3) is 2.92. The van der Waals surface area contributed by atoms with Gasteiger partial charge in [0.1, 0.15) is 5.69 Å². The highest BCUT2D eigenvalue weighted by Gasteiger charge is 2.02. The summed E-state index contributed by atoms with van der Waals surface area (Å²) in [6.07, 6.45) is 1.72. The molecule has 0 aliphatic carbocycles. The van der Waals surface area contributed by atoms with Gasteiger partial charge in [0.2, 0.25) is 0 Å². The van der Waals surface area contributed by atoms with Gasteiger partial charge in [-0.3, -0.25) is 0 Å². The molecule has 0 fully saturated rings. The quantitative estimate of drug-likeness (QED) is 0.593. The molecule has 4 rings (SSSR count). The van der Waals surface area contributed by atoms with Crippen molar-refractivity contribution in [3.05, 3.63) is 78.5 Å². The Labute approximate surface area is 134 Å². The topological polar surface area (TPSA) is 53.6 Å². The van der Waals surface area contributed by atoms with Crippen molar-refractivity contribution in [1.29, 1.82) is 0 Å². The molecule has 0 aliphatic rings. The summed E-state index contributed by atoms with van der Waals surface area (Å²) in [5.41, 5.74) is 4.22. The van der Waals surface area contributed by atoms with E-state index >= 15 is 0 Å².